The lowest BCUT2D eigenvalue weighted by Gasteiger charge is -2.18. The van der Waals surface area contributed by atoms with Gasteiger partial charge in [-0.3, -0.25) is 24.8 Å². The number of carbonyl (C=O) groups excluding carboxylic acids is 3. The number of ether oxygens (including phenoxy) is 2. The Hall–Kier alpha value is -3.56. The summed E-state index contributed by atoms with van der Waals surface area (Å²) < 4.78 is 10.1. The van der Waals surface area contributed by atoms with E-state index >= 15 is 0 Å². The molecule has 2 unspecified atom stereocenters. The molecular formula is C19H21N3O7. The van der Waals surface area contributed by atoms with E-state index in [1.165, 1.54) is 31.2 Å². The highest BCUT2D eigenvalue weighted by Crippen LogP contribution is 2.31. The van der Waals surface area contributed by atoms with Crippen LogP contribution in [0.15, 0.2) is 24.3 Å². The van der Waals surface area contributed by atoms with Crippen molar-refractivity contribution in [2.45, 2.75) is 33.8 Å². The van der Waals surface area contributed by atoms with Crippen molar-refractivity contribution in [1.29, 1.82) is 0 Å². The molecule has 10 heteroatoms. The summed E-state index contributed by atoms with van der Waals surface area (Å²) in [5, 5.41) is 17.6. The zero-order valence-corrected chi connectivity index (χ0v) is 16.4. The van der Waals surface area contributed by atoms with Gasteiger partial charge in [0.25, 0.3) is 5.69 Å². The first-order chi connectivity index (χ1) is 13.7. The molecule has 0 aliphatic carbocycles. The molecule has 10 nitrogen and oxygen atoms in total. The first-order valence-corrected chi connectivity index (χ1v) is 8.89. The maximum Gasteiger partial charge on any atom is 0.357 e. The molecular weight excluding hydrogens is 382 g/mol. The molecule has 2 atom stereocenters. The molecule has 0 bridgehead atoms. The van der Waals surface area contributed by atoms with Crippen molar-refractivity contribution in [3.05, 3.63) is 45.8 Å². The molecule has 0 amide bonds. The lowest BCUT2D eigenvalue weighted by molar-refractivity contribution is -0.384. The van der Waals surface area contributed by atoms with Crippen LogP contribution in [0.3, 0.4) is 0 Å². The molecule has 0 fully saturated rings. The molecule has 1 aromatic carbocycles. The number of nitro benzene ring substituents is 1. The number of aromatic amines is 1. The fourth-order valence-electron chi connectivity index (χ4n) is 2.72. The molecule has 29 heavy (non-hydrogen) atoms. The maximum atomic E-state index is 13.0. The Kier molecular flexibility index (Phi) is 6.81. The minimum atomic E-state index is -0.769. The van der Waals surface area contributed by atoms with Crippen LogP contribution in [0.5, 0.6) is 0 Å². The minimum Gasteiger partial charge on any atom is -0.462 e. The van der Waals surface area contributed by atoms with Crippen molar-refractivity contribution >= 4 is 23.4 Å². The van der Waals surface area contributed by atoms with Crippen molar-refractivity contribution in [3.63, 3.8) is 0 Å². The van der Waals surface area contributed by atoms with E-state index < -0.39 is 34.7 Å². The van der Waals surface area contributed by atoms with E-state index in [4.69, 9.17) is 9.47 Å². The van der Waals surface area contributed by atoms with Crippen LogP contribution in [0, 0.1) is 16.0 Å². The van der Waals surface area contributed by atoms with Gasteiger partial charge in [0.05, 0.1) is 17.4 Å². The monoisotopic (exact) mass is 403 g/mol. The van der Waals surface area contributed by atoms with Gasteiger partial charge in [-0.15, -0.1) is 0 Å². The van der Waals surface area contributed by atoms with Crippen LogP contribution in [-0.4, -0.2) is 45.6 Å². The Balaban J connectivity index is 2.58. The van der Waals surface area contributed by atoms with Crippen molar-refractivity contribution in [3.8, 4) is 11.1 Å². The molecule has 1 N–H and O–H groups in total. The minimum absolute atomic E-state index is 0.0927. The number of hydrogen-bond donors (Lipinski definition) is 1. The van der Waals surface area contributed by atoms with Crippen molar-refractivity contribution < 1.29 is 28.8 Å². The number of esters is 2. The van der Waals surface area contributed by atoms with Gasteiger partial charge in [-0.05, 0) is 19.4 Å². The Labute approximate surface area is 166 Å². The van der Waals surface area contributed by atoms with Crippen LogP contribution in [0.1, 0.15) is 48.7 Å². The zero-order chi connectivity index (χ0) is 21.7. The number of rotatable bonds is 8. The third kappa shape index (κ3) is 4.84. The fraction of sp³-hybridized carbons (Fsp3) is 0.368. The zero-order valence-electron chi connectivity index (χ0n) is 16.4. The molecule has 2 rings (SSSR count). The maximum absolute atomic E-state index is 13.0. The van der Waals surface area contributed by atoms with Crippen LogP contribution in [0.4, 0.5) is 5.69 Å². The summed E-state index contributed by atoms with van der Waals surface area (Å²) in [6.07, 6.45) is -0.735. The second-order valence-corrected chi connectivity index (χ2v) is 6.32. The van der Waals surface area contributed by atoms with Gasteiger partial charge < -0.3 is 9.47 Å². The van der Waals surface area contributed by atoms with Crippen LogP contribution in [0.25, 0.3) is 11.1 Å². The van der Waals surface area contributed by atoms with E-state index in [0.717, 1.165) is 0 Å². The number of H-pyrrole nitrogens is 1. The quantitative estimate of drug-likeness (QED) is 0.307. The van der Waals surface area contributed by atoms with Crippen LogP contribution in [0.2, 0.25) is 0 Å². The number of nitrogens with one attached hydrogen (secondary N) is 1. The number of aromatic nitrogens is 2. The second-order valence-electron chi connectivity index (χ2n) is 6.32. The van der Waals surface area contributed by atoms with Crippen molar-refractivity contribution in [2.75, 3.05) is 6.61 Å². The SMILES string of the molecule is CCOC(=O)c1[nH]nc(C(=O)C(C)C(C)OC(C)=O)c1-c1cccc([N+](=O)[O-])c1. The first-order valence-electron chi connectivity index (χ1n) is 8.89. The summed E-state index contributed by atoms with van der Waals surface area (Å²) >= 11 is 0. The molecule has 0 saturated carbocycles. The molecule has 0 aliphatic rings. The Morgan fingerprint density at radius 3 is 2.55 bits per heavy atom. The summed E-state index contributed by atoms with van der Waals surface area (Å²) in [7, 11) is 0. The van der Waals surface area contributed by atoms with Gasteiger partial charge in [0.15, 0.2) is 11.5 Å². The van der Waals surface area contributed by atoms with Crippen LogP contribution in [-0.2, 0) is 14.3 Å². The lowest BCUT2D eigenvalue weighted by Crippen LogP contribution is -2.28. The summed E-state index contributed by atoms with van der Waals surface area (Å²) in [6, 6.07) is 5.50. The van der Waals surface area contributed by atoms with Crippen LogP contribution >= 0.6 is 0 Å². The summed E-state index contributed by atoms with van der Waals surface area (Å²) in [5.41, 5.74) is -0.0490. The smallest absolute Gasteiger partial charge is 0.357 e. The van der Waals surface area contributed by atoms with Gasteiger partial charge in [-0.2, -0.15) is 5.10 Å². The highest BCUT2D eigenvalue weighted by molar-refractivity contribution is 6.07. The van der Waals surface area contributed by atoms with Crippen molar-refractivity contribution in [1.82, 2.24) is 10.2 Å². The van der Waals surface area contributed by atoms with E-state index in [1.54, 1.807) is 20.8 Å². The molecule has 0 radical (unpaired) electrons. The average molecular weight is 403 g/mol. The largest absolute Gasteiger partial charge is 0.462 e. The van der Waals surface area contributed by atoms with Gasteiger partial charge in [-0.25, -0.2) is 4.79 Å². The Bertz CT molecular complexity index is 951. The van der Waals surface area contributed by atoms with Gasteiger partial charge >= 0.3 is 11.9 Å². The lowest BCUT2D eigenvalue weighted by atomic mass is 9.93. The fourth-order valence-corrected chi connectivity index (χ4v) is 2.72. The second kappa shape index (κ2) is 9.09. The number of carbonyl (C=O) groups is 3. The third-order valence-corrected chi connectivity index (χ3v) is 4.29. The number of Topliss-reactive ketones (excluding diaryl/α,β-unsaturated/α-hetero) is 1. The van der Waals surface area contributed by atoms with Crippen molar-refractivity contribution in [2.24, 2.45) is 5.92 Å². The Morgan fingerprint density at radius 1 is 1.28 bits per heavy atom. The highest BCUT2D eigenvalue weighted by atomic mass is 16.6. The average Bonchev–Trinajstić information content (AvgIpc) is 3.11. The predicted octanol–water partition coefficient (Wildman–Crippen LogP) is 2.93. The normalized spacial score (nSPS) is 12.7. The number of nitrogens with zero attached hydrogens (tertiary/aromatic N) is 2. The number of non-ortho nitro benzene ring substituents is 1. The molecule has 0 saturated heterocycles. The third-order valence-electron chi connectivity index (χ3n) is 4.29. The topological polar surface area (TPSA) is 141 Å². The van der Waals surface area contributed by atoms with Gasteiger partial charge in [0, 0.05) is 24.6 Å². The molecule has 154 valence electrons. The van der Waals surface area contributed by atoms with Gasteiger partial charge in [0.2, 0.25) is 0 Å². The van der Waals surface area contributed by atoms with E-state index in [-0.39, 0.29) is 34.8 Å². The molecule has 0 aliphatic heterocycles. The van der Waals surface area contributed by atoms with Gasteiger partial charge in [0.1, 0.15) is 11.8 Å². The van der Waals surface area contributed by atoms with Gasteiger partial charge in [-0.1, -0.05) is 19.1 Å². The van der Waals surface area contributed by atoms with E-state index in [2.05, 4.69) is 10.2 Å². The molecule has 1 aromatic heterocycles. The number of ketones is 1. The predicted molar refractivity (Wildman–Crippen MR) is 101 cm³/mol. The molecule has 2 aromatic rings. The summed E-state index contributed by atoms with van der Waals surface area (Å²) in [4.78, 5) is 47.1. The molecule has 0 spiro atoms. The number of nitro groups is 1. The van der Waals surface area contributed by atoms with E-state index in [0.29, 0.717) is 0 Å². The number of hydrogen-bond acceptors (Lipinski definition) is 8. The number of benzene rings is 1. The highest BCUT2D eigenvalue weighted by Gasteiger charge is 2.32. The van der Waals surface area contributed by atoms with Crippen LogP contribution < -0.4 is 0 Å². The summed E-state index contributed by atoms with van der Waals surface area (Å²) in [6.45, 7) is 6.07. The standard InChI is InChI=1S/C19H21N3O7/c1-5-28-19(25)17-15(13-7-6-8-14(9-13)22(26)27)16(20-21-17)18(24)10(2)11(3)29-12(4)23/h6-11H,5H2,1-4H3,(H,20,21). The Morgan fingerprint density at radius 2 is 1.97 bits per heavy atom. The first kappa shape index (κ1) is 21.7. The summed E-state index contributed by atoms with van der Waals surface area (Å²) in [5.74, 6) is -2.55. The molecule has 1 heterocycles. The van der Waals surface area contributed by atoms with E-state index in [9.17, 15) is 24.5 Å². The van der Waals surface area contributed by atoms with E-state index in [1.807, 2.05) is 0 Å².